The maximum atomic E-state index is 10.9. The van der Waals surface area contributed by atoms with E-state index in [1.165, 1.54) is 6.92 Å². The van der Waals surface area contributed by atoms with Gasteiger partial charge in [0.2, 0.25) is 5.91 Å². The third-order valence-electron chi connectivity index (χ3n) is 1.85. The second-order valence-electron chi connectivity index (χ2n) is 3.73. The summed E-state index contributed by atoms with van der Waals surface area (Å²) in [7, 11) is 4.02. The molecule has 1 aromatic carbocycles. The van der Waals surface area contributed by atoms with Crippen LogP contribution in [0.1, 0.15) is 12.5 Å². The Labute approximate surface area is 98.6 Å². The summed E-state index contributed by atoms with van der Waals surface area (Å²) in [4.78, 5) is 13.0. The molecule has 0 aliphatic carbocycles. The minimum Gasteiger partial charge on any atom is -0.326 e. The van der Waals surface area contributed by atoms with E-state index in [1.807, 2.05) is 32.3 Å². The fourth-order valence-electron chi connectivity index (χ4n) is 1.32. The van der Waals surface area contributed by atoms with Crippen molar-refractivity contribution >= 4 is 27.5 Å². The summed E-state index contributed by atoms with van der Waals surface area (Å²) in [6.45, 7) is 2.35. The van der Waals surface area contributed by atoms with Gasteiger partial charge in [0, 0.05) is 23.6 Å². The van der Waals surface area contributed by atoms with Gasteiger partial charge >= 0.3 is 0 Å². The number of carbonyl (C=O) groups excluding carboxylic acids is 1. The second-order valence-corrected chi connectivity index (χ2v) is 4.58. The molecule has 0 saturated heterocycles. The van der Waals surface area contributed by atoms with Gasteiger partial charge in [0.05, 0.1) is 0 Å². The molecule has 0 spiro atoms. The summed E-state index contributed by atoms with van der Waals surface area (Å²) in [6, 6.07) is 5.81. The number of amides is 1. The lowest BCUT2D eigenvalue weighted by Gasteiger charge is -2.13. The number of carbonyl (C=O) groups is 1. The normalized spacial score (nSPS) is 10.5. The summed E-state index contributed by atoms with van der Waals surface area (Å²) in [5, 5.41) is 2.77. The highest BCUT2D eigenvalue weighted by molar-refractivity contribution is 9.10. The Balaban J connectivity index is 2.89. The van der Waals surface area contributed by atoms with Crippen LogP contribution in [0.2, 0.25) is 0 Å². The number of rotatable bonds is 3. The van der Waals surface area contributed by atoms with E-state index >= 15 is 0 Å². The lowest BCUT2D eigenvalue weighted by molar-refractivity contribution is -0.114. The molecule has 0 aliphatic rings. The smallest absolute Gasteiger partial charge is 0.221 e. The van der Waals surface area contributed by atoms with Crippen molar-refractivity contribution < 1.29 is 4.79 Å². The maximum Gasteiger partial charge on any atom is 0.221 e. The van der Waals surface area contributed by atoms with Crippen molar-refractivity contribution in [1.82, 2.24) is 4.90 Å². The highest BCUT2D eigenvalue weighted by Gasteiger charge is 2.03. The van der Waals surface area contributed by atoms with Crippen molar-refractivity contribution in [1.29, 1.82) is 0 Å². The fraction of sp³-hybridized carbons (Fsp3) is 0.364. The van der Waals surface area contributed by atoms with E-state index < -0.39 is 0 Å². The molecule has 4 heteroatoms. The monoisotopic (exact) mass is 270 g/mol. The molecule has 0 heterocycles. The molecule has 0 aliphatic heterocycles. The first-order valence-electron chi connectivity index (χ1n) is 4.70. The van der Waals surface area contributed by atoms with Gasteiger partial charge in [-0.15, -0.1) is 0 Å². The summed E-state index contributed by atoms with van der Waals surface area (Å²) < 4.78 is 1.06. The van der Waals surface area contributed by atoms with Gasteiger partial charge in [-0.2, -0.15) is 0 Å². The van der Waals surface area contributed by atoms with E-state index in [1.54, 1.807) is 0 Å². The van der Waals surface area contributed by atoms with Gasteiger partial charge in [0.1, 0.15) is 0 Å². The molecule has 0 unspecified atom stereocenters. The lowest BCUT2D eigenvalue weighted by Crippen LogP contribution is -2.12. The summed E-state index contributed by atoms with van der Waals surface area (Å²) >= 11 is 3.49. The van der Waals surface area contributed by atoms with E-state index in [9.17, 15) is 4.79 Å². The number of benzene rings is 1. The molecular formula is C11H15BrN2O. The molecule has 1 amide bonds. The van der Waals surface area contributed by atoms with Crippen molar-refractivity contribution in [3.8, 4) is 0 Å². The van der Waals surface area contributed by atoms with Gasteiger partial charge in [0.15, 0.2) is 0 Å². The number of anilines is 1. The Hall–Kier alpha value is -0.870. The number of nitrogens with one attached hydrogen (secondary N) is 1. The first kappa shape index (κ1) is 12.2. The predicted molar refractivity (Wildman–Crippen MR) is 65.8 cm³/mol. The molecule has 1 N–H and O–H groups in total. The molecular weight excluding hydrogens is 256 g/mol. The van der Waals surface area contributed by atoms with Gasteiger partial charge < -0.3 is 10.2 Å². The SMILES string of the molecule is CC(=O)Nc1ccc(Br)c(CN(C)C)c1. The Morgan fingerprint density at radius 2 is 2.13 bits per heavy atom. The van der Waals surface area contributed by atoms with Crippen LogP contribution in [0, 0.1) is 0 Å². The minimum absolute atomic E-state index is 0.0480. The van der Waals surface area contributed by atoms with E-state index in [-0.39, 0.29) is 5.91 Å². The minimum atomic E-state index is -0.0480. The van der Waals surface area contributed by atoms with Crippen LogP contribution in [0.25, 0.3) is 0 Å². The zero-order valence-electron chi connectivity index (χ0n) is 9.17. The molecule has 0 radical (unpaired) electrons. The molecule has 0 aromatic heterocycles. The van der Waals surface area contributed by atoms with Gasteiger partial charge in [-0.1, -0.05) is 15.9 Å². The molecule has 3 nitrogen and oxygen atoms in total. The third-order valence-corrected chi connectivity index (χ3v) is 2.63. The maximum absolute atomic E-state index is 10.9. The zero-order valence-corrected chi connectivity index (χ0v) is 10.8. The van der Waals surface area contributed by atoms with Crippen LogP contribution >= 0.6 is 15.9 Å². The van der Waals surface area contributed by atoms with E-state index in [0.29, 0.717) is 0 Å². The molecule has 82 valence electrons. The van der Waals surface area contributed by atoms with Crippen LogP contribution in [0.5, 0.6) is 0 Å². The van der Waals surface area contributed by atoms with Crippen molar-refractivity contribution in [2.75, 3.05) is 19.4 Å². The van der Waals surface area contributed by atoms with Gasteiger partial charge in [-0.25, -0.2) is 0 Å². The highest BCUT2D eigenvalue weighted by atomic mass is 79.9. The van der Waals surface area contributed by atoms with Crippen LogP contribution in [0.3, 0.4) is 0 Å². The van der Waals surface area contributed by atoms with Gasteiger partial charge in [-0.05, 0) is 37.9 Å². The molecule has 0 bridgehead atoms. The van der Waals surface area contributed by atoms with Crippen molar-refractivity contribution in [2.45, 2.75) is 13.5 Å². The third kappa shape index (κ3) is 4.01. The van der Waals surface area contributed by atoms with Crippen molar-refractivity contribution in [3.05, 3.63) is 28.2 Å². The first-order chi connectivity index (χ1) is 6.99. The lowest BCUT2D eigenvalue weighted by atomic mass is 10.2. The molecule has 15 heavy (non-hydrogen) atoms. The highest BCUT2D eigenvalue weighted by Crippen LogP contribution is 2.22. The molecule has 1 rings (SSSR count). The summed E-state index contributed by atoms with van der Waals surface area (Å²) in [5.74, 6) is -0.0480. The van der Waals surface area contributed by atoms with Crippen molar-refractivity contribution in [2.24, 2.45) is 0 Å². The number of hydrogen-bond donors (Lipinski definition) is 1. The second kappa shape index (κ2) is 5.28. The van der Waals surface area contributed by atoms with Crippen LogP contribution in [0.15, 0.2) is 22.7 Å². The quantitative estimate of drug-likeness (QED) is 0.916. The Kier molecular flexibility index (Phi) is 4.29. The van der Waals surface area contributed by atoms with Crippen LogP contribution < -0.4 is 5.32 Å². The predicted octanol–water partition coefficient (Wildman–Crippen LogP) is 2.47. The topological polar surface area (TPSA) is 32.3 Å². The summed E-state index contributed by atoms with van der Waals surface area (Å²) in [6.07, 6.45) is 0. The van der Waals surface area contributed by atoms with Gasteiger partial charge in [0.25, 0.3) is 0 Å². The molecule has 0 saturated carbocycles. The van der Waals surface area contributed by atoms with Crippen LogP contribution in [0.4, 0.5) is 5.69 Å². The fourth-order valence-corrected chi connectivity index (χ4v) is 1.69. The largest absolute Gasteiger partial charge is 0.326 e. The Morgan fingerprint density at radius 1 is 1.47 bits per heavy atom. The number of halogens is 1. The average Bonchev–Trinajstić information content (AvgIpc) is 2.09. The summed E-state index contributed by atoms with van der Waals surface area (Å²) in [5.41, 5.74) is 1.99. The Morgan fingerprint density at radius 3 is 2.67 bits per heavy atom. The standard InChI is InChI=1S/C11H15BrN2O/c1-8(15)13-10-4-5-11(12)9(6-10)7-14(2)3/h4-6H,7H2,1-3H3,(H,13,15). The molecule has 1 aromatic rings. The van der Waals surface area contributed by atoms with Gasteiger partial charge in [-0.3, -0.25) is 4.79 Å². The van der Waals surface area contributed by atoms with Crippen molar-refractivity contribution in [3.63, 3.8) is 0 Å². The van der Waals surface area contributed by atoms with E-state index in [4.69, 9.17) is 0 Å². The number of nitrogens with zero attached hydrogens (tertiary/aromatic N) is 1. The Bertz CT molecular complexity index is 364. The molecule has 0 fully saturated rings. The van der Waals surface area contributed by atoms with E-state index in [0.717, 1.165) is 22.3 Å². The van der Waals surface area contributed by atoms with Crippen LogP contribution in [-0.2, 0) is 11.3 Å². The molecule has 0 atom stereocenters. The zero-order chi connectivity index (χ0) is 11.4. The number of hydrogen-bond acceptors (Lipinski definition) is 2. The average molecular weight is 271 g/mol. The first-order valence-corrected chi connectivity index (χ1v) is 5.49. The van der Waals surface area contributed by atoms with E-state index in [2.05, 4.69) is 26.1 Å². The van der Waals surface area contributed by atoms with Crippen LogP contribution in [-0.4, -0.2) is 24.9 Å².